The van der Waals surface area contributed by atoms with Crippen LogP contribution in [0.2, 0.25) is 5.02 Å². The molecule has 120 valence electrons. The van der Waals surface area contributed by atoms with Gasteiger partial charge >= 0.3 is 5.97 Å². The van der Waals surface area contributed by atoms with Gasteiger partial charge in [-0.1, -0.05) is 61.0 Å². The summed E-state index contributed by atoms with van der Waals surface area (Å²) in [4.78, 5) is 24.0. The Morgan fingerprint density at radius 3 is 2.39 bits per heavy atom. The minimum absolute atomic E-state index is 0.340. The van der Waals surface area contributed by atoms with Crippen LogP contribution >= 0.6 is 11.6 Å². The van der Waals surface area contributed by atoms with E-state index in [0.717, 1.165) is 5.56 Å². The van der Waals surface area contributed by atoms with Gasteiger partial charge in [-0.3, -0.25) is 9.59 Å². The molecule has 2 aromatic rings. The van der Waals surface area contributed by atoms with Gasteiger partial charge in [-0.2, -0.15) is 0 Å². The van der Waals surface area contributed by atoms with Crippen LogP contribution in [0.4, 0.5) is 5.69 Å². The van der Waals surface area contributed by atoms with Crippen LogP contribution in [-0.2, 0) is 14.3 Å². The lowest BCUT2D eigenvalue weighted by atomic mass is 9.97. The summed E-state index contributed by atoms with van der Waals surface area (Å²) in [7, 11) is 0. The fourth-order valence-electron chi connectivity index (χ4n) is 2.21. The summed E-state index contributed by atoms with van der Waals surface area (Å²) in [5, 5.41) is 3.05. The molecule has 0 saturated heterocycles. The van der Waals surface area contributed by atoms with E-state index < -0.39 is 11.9 Å². The number of hydrogen-bond donors (Lipinski definition) is 1. The molecular formula is C18H18ClNO3. The summed E-state index contributed by atoms with van der Waals surface area (Å²) in [5.41, 5.74) is 1.37. The third kappa shape index (κ3) is 4.83. The summed E-state index contributed by atoms with van der Waals surface area (Å²) in [6, 6.07) is 16.3. The Balaban J connectivity index is 1.90. The highest BCUT2D eigenvalue weighted by Crippen LogP contribution is 2.22. The Hall–Kier alpha value is -2.33. The maximum atomic E-state index is 12.2. The van der Waals surface area contributed by atoms with Crippen molar-refractivity contribution in [2.24, 2.45) is 0 Å². The first-order valence-corrected chi connectivity index (χ1v) is 7.75. The molecule has 0 spiro atoms. The van der Waals surface area contributed by atoms with E-state index in [4.69, 9.17) is 16.3 Å². The molecule has 0 heterocycles. The van der Waals surface area contributed by atoms with Crippen LogP contribution in [-0.4, -0.2) is 18.5 Å². The van der Waals surface area contributed by atoms with Gasteiger partial charge < -0.3 is 10.1 Å². The van der Waals surface area contributed by atoms with E-state index >= 15 is 0 Å². The Labute approximate surface area is 140 Å². The number of ether oxygens (including phenoxy) is 1. The minimum Gasteiger partial charge on any atom is -0.455 e. The monoisotopic (exact) mass is 331 g/mol. The SMILES string of the molecule is CC[C@H](C(=O)OCC(=O)Nc1ccccc1Cl)c1ccccc1. The first-order valence-electron chi connectivity index (χ1n) is 7.37. The van der Waals surface area contributed by atoms with Gasteiger partial charge in [0.2, 0.25) is 0 Å². The standard InChI is InChI=1S/C18H18ClNO3/c1-2-14(13-8-4-3-5-9-13)18(22)23-12-17(21)20-16-11-7-6-10-15(16)19/h3-11,14H,2,12H2,1H3,(H,20,21)/t14-/m0/s1. The summed E-state index contributed by atoms with van der Waals surface area (Å²) in [5.74, 6) is -1.20. The predicted molar refractivity (Wildman–Crippen MR) is 90.5 cm³/mol. The van der Waals surface area contributed by atoms with E-state index in [1.807, 2.05) is 37.3 Å². The summed E-state index contributed by atoms with van der Waals surface area (Å²) < 4.78 is 5.13. The Kier molecular flexibility index (Phi) is 6.18. The number of para-hydroxylation sites is 1. The fourth-order valence-corrected chi connectivity index (χ4v) is 2.39. The molecule has 0 unspecified atom stereocenters. The van der Waals surface area contributed by atoms with Gasteiger partial charge in [0.1, 0.15) is 0 Å². The van der Waals surface area contributed by atoms with Crippen molar-refractivity contribution in [1.82, 2.24) is 0 Å². The summed E-state index contributed by atoms with van der Waals surface area (Å²) in [6.07, 6.45) is 0.606. The van der Waals surface area contributed by atoms with E-state index in [1.54, 1.807) is 24.3 Å². The highest BCUT2D eigenvalue weighted by Gasteiger charge is 2.21. The zero-order valence-corrected chi connectivity index (χ0v) is 13.5. The Bertz CT molecular complexity index is 673. The van der Waals surface area contributed by atoms with Crippen LogP contribution in [0.25, 0.3) is 0 Å². The van der Waals surface area contributed by atoms with Crippen LogP contribution in [0.3, 0.4) is 0 Å². The van der Waals surface area contributed by atoms with E-state index in [-0.39, 0.29) is 12.5 Å². The van der Waals surface area contributed by atoms with Crippen LogP contribution in [0, 0.1) is 0 Å². The number of carbonyl (C=O) groups is 2. The molecule has 0 aliphatic rings. The third-order valence-electron chi connectivity index (χ3n) is 3.39. The zero-order valence-electron chi connectivity index (χ0n) is 12.8. The normalized spacial score (nSPS) is 11.6. The first-order chi connectivity index (χ1) is 11.1. The van der Waals surface area contributed by atoms with Crippen LogP contribution < -0.4 is 5.32 Å². The van der Waals surface area contributed by atoms with Crippen molar-refractivity contribution in [1.29, 1.82) is 0 Å². The second-order valence-corrected chi connectivity index (χ2v) is 5.41. The second-order valence-electron chi connectivity index (χ2n) is 5.01. The smallest absolute Gasteiger partial charge is 0.313 e. The largest absolute Gasteiger partial charge is 0.455 e. The maximum absolute atomic E-state index is 12.2. The molecule has 0 aromatic heterocycles. The molecule has 2 aromatic carbocycles. The van der Waals surface area contributed by atoms with E-state index in [2.05, 4.69) is 5.32 Å². The van der Waals surface area contributed by atoms with E-state index in [9.17, 15) is 9.59 Å². The lowest BCUT2D eigenvalue weighted by Crippen LogP contribution is -2.24. The van der Waals surface area contributed by atoms with Gasteiger partial charge in [0.15, 0.2) is 6.61 Å². The topological polar surface area (TPSA) is 55.4 Å². The molecule has 0 aliphatic carbocycles. The van der Waals surface area contributed by atoms with Crippen molar-refractivity contribution in [3.63, 3.8) is 0 Å². The van der Waals surface area contributed by atoms with E-state index in [1.165, 1.54) is 0 Å². The Morgan fingerprint density at radius 1 is 1.09 bits per heavy atom. The highest BCUT2D eigenvalue weighted by atomic mass is 35.5. The predicted octanol–water partition coefficient (Wildman–Crippen LogP) is 4.02. The number of anilines is 1. The number of halogens is 1. The van der Waals surface area contributed by atoms with Crippen molar-refractivity contribution < 1.29 is 14.3 Å². The van der Waals surface area contributed by atoms with Gasteiger partial charge in [0.25, 0.3) is 5.91 Å². The number of amides is 1. The van der Waals surface area contributed by atoms with Crippen molar-refractivity contribution in [2.75, 3.05) is 11.9 Å². The van der Waals surface area contributed by atoms with Crippen LogP contribution in [0.5, 0.6) is 0 Å². The molecule has 0 saturated carbocycles. The minimum atomic E-state index is -0.422. The summed E-state index contributed by atoms with van der Waals surface area (Å²) >= 11 is 5.96. The van der Waals surface area contributed by atoms with Gasteiger partial charge in [0.05, 0.1) is 16.6 Å². The molecule has 1 atom stereocenters. The number of benzene rings is 2. The van der Waals surface area contributed by atoms with Crippen LogP contribution in [0.15, 0.2) is 54.6 Å². The lowest BCUT2D eigenvalue weighted by Gasteiger charge is -2.14. The number of esters is 1. The molecule has 4 nitrogen and oxygen atoms in total. The highest BCUT2D eigenvalue weighted by molar-refractivity contribution is 6.33. The second kappa shape index (κ2) is 8.34. The average molecular weight is 332 g/mol. The third-order valence-corrected chi connectivity index (χ3v) is 3.72. The fraction of sp³-hybridized carbons (Fsp3) is 0.222. The quantitative estimate of drug-likeness (QED) is 0.813. The lowest BCUT2D eigenvalue weighted by molar-refractivity contribution is -0.149. The molecule has 0 radical (unpaired) electrons. The van der Waals surface area contributed by atoms with E-state index in [0.29, 0.717) is 17.1 Å². The Morgan fingerprint density at radius 2 is 1.74 bits per heavy atom. The van der Waals surface area contributed by atoms with Gasteiger partial charge in [-0.05, 0) is 24.1 Å². The van der Waals surface area contributed by atoms with Crippen molar-refractivity contribution in [3.8, 4) is 0 Å². The number of carbonyl (C=O) groups excluding carboxylic acids is 2. The first kappa shape index (κ1) is 17.0. The average Bonchev–Trinajstić information content (AvgIpc) is 2.57. The molecule has 1 amide bonds. The van der Waals surface area contributed by atoms with Crippen molar-refractivity contribution in [3.05, 3.63) is 65.2 Å². The molecule has 1 N–H and O–H groups in total. The molecule has 0 aliphatic heterocycles. The molecular weight excluding hydrogens is 314 g/mol. The van der Waals surface area contributed by atoms with Crippen molar-refractivity contribution >= 4 is 29.2 Å². The van der Waals surface area contributed by atoms with Crippen molar-refractivity contribution in [2.45, 2.75) is 19.3 Å². The summed E-state index contributed by atoms with van der Waals surface area (Å²) in [6.45, 7) is 1.57. The molecule has 0 bridgehead atoms. The van der Waals surface area contributed by atoms with Gasteiger partial charge in [0, 0.05) is 0 Å². The molecule has 5 heteroatoms. The molecule has 2 rings (SSSR count). The van der Waals surface area contributed by atoms with Gasteiger partial charge in [-0.25, -0.2) is 0 Å². The molecule has 0 fully saturated rings. The number of rotatable bonds is 6. The molecule has 23 heavy (non-hydrogen) atoms. The zero-order chi connectivity index (χ0) is 16.7. The maximum Gasteiger partial charge on any atom is 0.313 e. The number of hydrogen-bond acceptors (Lipinski definition) is 3. The number of nitrogens with one attached hydrogen (secondary N) is 1. The van der Waals surface area contributed by atoms with Gasteiger partial charge in [-0.15, -0.1) is 0 Å². The van der Waals surface area contributed by atoms with Crippen LogP contribution in [0.1, 0.15) is 24.8 Å².